The Labute approximate surface area is 80.4 Å². The largest absolute Gasteiger partial charge is 0.363 e. The van der Waals surface area contributed by atoms with E-state index >= 15 is 0 Å². The third-order valence-electron chi connectivity index (χ3n) is 2.06. The fourth-order valence-electron chi connectivity index (χ4n) is 1.56. The van der Waals surface area contributed by atoms with E-state index in [4.69, 9.17) is 6.42 Å². The van der Waals surface area contributed by atoms with Crippen LogP contribution in [0.2, 0.25) is 0 Å². The maximum Gasteiger partial charge on any atom is 0.0788 e. The first-order valence-corrected chi connectivity index (χ1v) is 4.28. The normalized spacial score (nSPS) is 9.38. The topological polar surface area (TPSA) is 3.24 Å². The number of terminal acetylenes is 1. The van der Waals surface area contributed by atoms with E-state index in [2.05, 4.69) is 30.7 Å². The fourth-order valence-corrected chi connectivity index (χ4v) is 1.56. The van der Waals surface area contributed by atoms with Gasteiger partial charge in [-0.3, -0.25) is 0 Å². The van der Waals surface area contributed by atoms with E-state index < -0.39 is 0 Å². The number of hydrogen-bond donors (Lipinski definition) is 0. The van der Waals surface area contributed by atoms with Crippen molar-refractivity contribution < 1.29 is 0 Å². The fraction of sp³-hybridized carbons (Fsp3) is 0.333. The van der Waals surface area contributed by atoms with Crippen LogP contribution < -0.4 is 4.90 Å². The van der Waals surface area contributed by atoms with Gasteiger partial charge in [-0.15, -0.1) is 6.42 Å². The predicted octanol–water partition coefficient (Wildman–Crippen LogP) is 2.17. The molecule has 0 aromatic heterocycles. The maximum atomic E-state index is 5.27. The van der Waals surface area contributed by atoms with Gasteiger partial charge < -0.3 is 4.90 Å². The van der Waals surface area contributed by atoms with E-state index in [1.165, 1.54) is 16.8 Å². The molecule has 0 bridgehead atoms. The van der Waals surface area contributed by atoms with E-state index in [9.17, 15) is 0 Å². The van der Waals surface area contributed by atoms with E-state index in [1.54, 1.807) is 0 Å². The molecule has 1 nitrogen and oxygen atoms in total. The van der Waals surface area contributed by atoms with Crippen LogP contribution in [0.1, 0.15) is 11.1 Å². The van der Waals surface area contributed by atoms with Crippen LogP contribution in [0.4, 0.5) is 5.69 Å². The molecule has 0 aliphatic carbocycles. The van der Waals surface area contributed by atoms with E-state index in [-0.39, 0.29) is 0 Å². The van der Waals surface area contributed by atoms with Crippen molar-refractivity contribution in [2.75, 3.05) is 18.5 Å². The molecule has 0 fully saturated rings. The van der Waals surface area contributed by atoms with Crippen molar-refractivity contribution in [3.63, 3.8) is 0 Å². The Balaban J connectivity index is 3.06. The average molecular weight is 172 g/mol. The van der Waals surface area contributed by atoms with Crippen molar-refractivity contribution in [3.8, 4) is 12.3 Å². The Kier molecular flexibility index (Phi) is 2.97. The van der Waals surface area contributed by atoms with Gasteiger partial charge in [-0.1, -0.05) is 5.92 Å². The molecule has 0 spiro atoms. The zero-order valence-corrected chi connectivity index (χ0v) is 8.39. The van der Waals surface area contributed by atoms with E-state index in [0.29, 0.717) is 6.54 Å². The Morgan fingerprint density at radius 1 is 1.38 bits per heavy atom. The smallest absolute Gasteiger partial charge is 0.0788 e. The first-order valence-electron chi connectivity index (χ1n) is 4.28. The molecule has 1 aromatic carbocycles. The number of rotatable bonds is 2. The molecule has 0 aliphatic rings. The molecular formula is C12H14N. The third kappa shape index (κ3) is 2.03. The van der Waals surface area contributed by atoms with Gasteiger partial charge in [0.15, 0.2) is 0 Å². The highest BCUT2D eigenvalue weighted by Crippen LogP contribution is 2.22. The molecule has 0 amide bonds. The SMILES string of the molecule is C#CCN(C)c1c(C)c[c]cc1C. The van der Waals surface area contributed by atoms with Gasteiger partial charge in [0.25, 0.3) is 0 Å². The van der Waals surface area contributed by atoms with Crippen LogP contribution in [0, 0.1) is 32.3 Å². The zero-order valence-electron chi connectivity index (χ0n) is 8.39. The molecule has 1 aromatic rings. The minimum atomic E-state index is 0.645. The highest BCUT2D eigenvalue weighted by Gasteiger charge is 2.05. The van der Waals surface area contributed by atoms with Gasteiger partial charge in [0.1, 0.15) is 0 Å². The van der Waals surface area contributed by atoms with E-state index in [1.807, 2.05) is 19.2 Å². The molecule has 0 saturated carbocycles. The van der Waals surface area contributed by atoms with Crippen molar-refractivity contribution in [2.45, 2.75) is 13.8 Å². The highest BCUT2D eigenvalue weighted by atomic mass is 15.1. The average Bonchev–Trinajstić information content (AvgIpc) is 2.04. The molecule has 0 N–H and O–H groups in total. The molecule has 0 unspecified atom stereocenters. The second-order valence-corrected chi connectivity index (χ2v) is 3.23. The minimum Gasteiger partial charge on any atom is -0.363 e. The standard InChI is InChI=1S/C12H14N/c1-5-9-13(4)12-10(2)7-6-8-11(12)3/h1,7-8H,9H2,2-4H3. The van der Waals surface area contributed by atoms with Crippen molar-refractivity contribution in [2.24, 2.45) is 0 Å². The van der Waals surface area contributed by atoms with Gasteiger partial charge >= 0.3 is 0 Å². The molecule has 0 saturated heterocycles. The molecule has 13 heavy (non-hydrogen) atoms. The van der Waals surface area contributed by atoms with E-state index in [0.717, 1.165) is 0 Å². The summed E-state index contributed by atoms with van der Waals surface area (Å²) in [5.41, 5.74) is 3.66. The lowest BCUT2D eigenvalue weighted by Crippen LogP contribution is -2.19. The quantitative estimate of drug-likeness (QED) is 0.618. The first-order chi connectivity index (χ1) is 6.16. The first kappa shape index (κ1) is 9.67. The molecule has 0 heterocycles. The molecule has 1 radical (unpaired) electrons. The maximum absolute atomic E-state index is 5.27. The predicted molar refractivity (Wildman–Crippen MR) is 56.9 cm³/mol. The summed E-state index contributed by atoms with van der Waals surface area (Å²) < 4.78 is 0. The number of nitrogens with zero attached hydrogens (tertiary/aromatic N) is 1. The summed E-state index contributed by atoms with van der Waals surface area (Å²) in [6.07, 6.45) is 5.27. The van der Waals surface area contributed by atoms with Crippen molar-refractivity contribution in [3.05, 3.63) is 29.3 Å². The lowest BCUT2D eigenvalue weighted by molar-refractivity contribution is 1.03. The summed E-state index contributed by atoms with van der Waals surface area (Å²) in [5, 5.41) is 0. The molecule has 1 rings (SSSR count). The van der Waals surface area contributed by atoms with Crippen LogP contribution in [-0.4, -0.2) is 13.6 Å². The number of aryl methyl sites for hydroxylation is 2. The van der Waals surface area contributed by atoms with Gasteiger partial charge in [0.05, 0.1) is 6.54 Å². The highest BCUT2D eigenvalue weighted by molar-refractivity contribution is 5.58. The second-order valence-electron chi connectivity index (χ2n) is 3.23. The Morgan fingerprint density at radius 3 is 2.38 bits per heavy atom. The number of hydrogen-bond acceptors (Lipinski definition) is 1. The van der Waals surface area contributed by atoms with Gasteiger partial charge in [-0.2, -0.15) is 0 Å². The monoisotopic (exact) mass is 172 g/mol. The number of benzene rings is 1. The second kappa shape index (κ2) is 4.00. The number of anilines is 1. The lowest BCUT2D eigenvalue weighted by atomic mass is 10.1. The summed E-state index contributed by atoms with van der Waals surface area (Å²) in [4.78, 5) is 2.08. The molecule has 0 atom stereocenters. The molecule has 0 aliphatic heterocycles. The van der Waals surface area contributed by atoms with Crippen LogP contribution >= 0.6 is 0 Å². The van der Waals surface area contributed by atoms with Crippen molar-refractivity contribution in [1.82, 2.24) is 0 Å². The molecular weight excluding hydrogens is 158 g/mol. The zero-order chi connectivity index (χ0) is 9.84. The van der Waals surface area contributed by atoms with Gasteiger partial charge in [0.2, 0.25) is 0 Å². The summed E-state index contributed by atoms with van der Waals surface area (Å²) in [6.45, 7) is 4.80. The summed E-state index contributed by atoms with van der Waals surface area (Å²) in [6, 6.07) is 7.05. The van der Waals surface area contributed by atoms with Crippen LogP contribution in [0.3, 0.4) is 0 Å². The van der Waals surface area contributed by atoms with Gasteiger partial charge in [-0.25, -0.2) is 0 Å². The summed E-state index contributed by atoms with van der Waals surface area (Å²) in [7, 11) is 2.01. The van der Waals surface area contributed by atoms with Gasteiger partial charge in [0, 0.05) is 12.7 Å². The van der Waals surface area contributed by atoms with Crippen molar-refractivity contribution >= 4 is 5.69 Å². The van der Waals surface area contributed by atoms with Gasteiger partial charge in [-0.05, 0) is 43.2 Å². The third-order valence-corrected chi connectivity index (χ3v) is 2.06. The molecule has 67 valence electrons. The van der Waals surface area contributed by atoms with Crippen LogP contribution in [0.15, 0.2) is 12.1 Å². The Hall–Kier alpha value is -1.42. The lowest BCUT2D eigenvalue weighted by Gasteiger charge is -2.20. The van der Waals surface area contributed by atoms with Crippen LogP contribution in [-0.2, 0) is 0 Å². The van der Waals surface area contributed by atoms with Crippen molar-refractivity contribution in [1.29, 1.82) is 0 Å². The molecule has 1 heteroatoms. The summed E-state index contributed by atoms with van der Waals surface area (Å²) in [5.74, 6) is 2.64. The van der Waals surface area contributed by atoms with Crippen LogP contribution in [0.25, 0.3) is 0 Å². The Morgan fingerprint density at radius 2 is 1.92 bits per heavy atom. The minimum absolute atomic E-state index is 0.645. The Bertz CT molecular complexity index is 313. The van der Waals surface area contributed by atoms with Crippen LogP contribution in [0.5, 0.6) is 0 Å². The summed E-state index contributed by atoms with van der Waals surface area (Å²) >= 11 is 0.